The summed E-state index contributed by atoms with van der Waals surface area (Å²) in [4.78, 5) is 38.2. The van der Waals surface area contributed by atoms with Gasteiger partial charge in [-0.2, -0.15) is 0 Å². The Hall–Kier alpha value is -3.93. The summed E-state index contributed by atoms with van der Waals surface area (Å²) in [5.74, 6) is -1.54. The van der Waals surface area contributed by atoms with E-state index in [1.807, 2.05) is 54.6 Å². The van der Waals surface area contributed by atoms with Crippen molar-refractivity contribution in [3.8, 4) is 11.1 Å². The number of para-hydroxylation sites is 1. The van der Waals surface area contributed by atoms with Gasteiger partial charge in [0.25, 0.3) is 0 Å². The molecule has 150 valence electrons. The number of carbonyl (C=O) groups excluding carboxylic acids is 3. The minimum absolute atomic E-state index is 0.0789. The van der Waals surface area contributed by atoms with E-state index < -0.39 is 11.9 Å². The van der Waals surface area contributed by atoms with E-state index >= 15 is 0 Å². The molecule has 1 heterocycles. The van der Waals surface area contributed by atoms with Crippen molar-refractivity contribution >= 4 is 39.7 Å². The first-order valence-electron chi connectivity index (χ1n) is 9.32. The Morgan fingerprint density at radius 2 is 1.47 bits per heavy atom. The molecule has 0 aliphatic carbocycles. The second-order valence-electron chi connectivity index (χ2n) is 6.79. The predicted molar refractivity (Wildman–Crippen MR) is 114 cm³/mol. The Morgan fingerprint density at radius 1 is 0.833 bits per heavy atom. The number of carbonyl (C=O) groups is 3. The number of hydrogen-bond acceptors (Lipinski definition) is 5. The second-order valence-corrected chi connectivity index (χ2v) is 6.79. The Labute approximate surface area is 172 Å². The summed E-state index contributed by atoms with van der Waals surface area (Å²) in [5.41, 5.74) is 2.80. The fourth-order valence-electron chi connectivity index (χ4n) is 3.92. The maximum absolute atomic E-state index is 12.8. The third kappa shape index (κ3) is 2.85. The highest BCUT2D eigenvalue weighted by molar-refractivity contribution is 6.26. The molecule has 0 fully saturated rings. The van der Waals surface area contributed by atoms with Crippen LogP contribution in [-0.4, -0.2) is 36.6 Å². The standard InChI is InChI=1S/C24H19NO5/c1-14(26)25-19-12-8-7-11-16(19)20-21(24(28)30-3)18(23(27)29-2)13-17(22(20)25)15-9-5-4-6-10-15/h4-13H,1-3H3. The van der Waals surface area contributed by atoms with Gasteiger partial charge in [0.1, 0.15) is 0 Å². The Kier molecular flexibility index (Phi) is 4.83. The van der Waals surface area contributed by atoms with E-state index in [1.54, 1.807) is 10.6 Å². The Morgan fingerprint density at radius 3 is 2.10 bits per heavy atom. The van der Waals surface area contributed by atoms with Crippen molar-refractivity contribution in [1.29, 1.82) is 0 Å². The molecular weight excluding hydrogens is 382 g/mol. The summed E-state index contributed by atoms with van der Waals surface area (Å²) in [7, 11) is 2.51. The normalized spacial score (nSPS) is 10.9. The number of rotatable bonds is 3. The van der Waals surface area contributed by atoms with Crippen LogP contribution in [0.2, 0.25) is 0 Å². The van der Waals surface area contributed by atoms with Crippen LogP contribution >= 0.6 is 0 Å². The van der Waals surface area contributed by atoms with E-state index in [9.17, 15) is 14.4 Å². The topological polar surface area (TPSA) is 74.6 Å². The number of methoxy groups -OCH3 is 2. The van der Waals surface area contributed by atoms with Gasteiger partial charge in [0.15, 0.2) is 0 Å². The van der Waals surface area contributed by atoms with Gasteiger partial charge in [-0.3, -0.25) is 9.36 Å². The minimum atomic E-state index is -0.675. The lowest BCUT2D eigenvalue weighted by atomic mass is 9.93. The van der Waals surface area contributed by atoms with Crippen LogP contribution in [0.4, 0.5) is 0 Å². The molecule has 3 aromatic carbocycles. The summed E-state index contributed by atoms with van der Waals surface area (Å²) in [5, 5.41) is 1.15. The summed E-state index contributed by atoms with van der Waals surface area (Å²) >= 11 is 0. The highest BCUT2D eigenvalue weighted by Crippen LogP contribution is 2.40. The Balaban J connectivity index is 2.34. The van der Waals surface area contributed by atoms with Crippen molar-refractivity contribution in [2.24, 2.45) is 0 Å². The van der Waals surface area contributed by atoms with E-state index in [0.717, 1.165) is 5.56 Å². The van der Waals surface area contributed by atoms with E-state index in [4.69, 9.17) is 9.47 Å². The van der Waals surface area contributed by atoms with Crippen LogP contribution in [0.3, 0.4) is 0 Å². The van der Waals surface area contributed by atoms with Gasteiger partial charge in [-0.1, -0.05) is 48.5 Å². The molecule has 6 heteroatoms. The molecule has 1 aromatic heterocycles. The third-order valence-corrected chi connectivity index (χ3v) is 5.13. The average Bonchev–Trinajstić information content (AvgIpc) is 3.13. The molecule has 0 saturated heterocycles. The van der Waals surface area contributed by atoms with Crippen molar-refractivity contribution in [3.05, 3.63) is 71.8 Å². The number of benzene rings is 3. The SMILES string of the molecule is COC(=O)c1cc(-c2ccccc2)c2c(c1C(=O)OC)c1ccccc1n2C(C)=O. The highest BCUT2D eigenvalue weighted by Gasteiger charge is 2.29. The number of ether oxygens (including phenoxy) is 2. The van der Waals surface area contributed by atoms with E-state index in [2.05, 4.69) is 0 Å². The Bertz CT molecular complexity index is 1320. The zero-order chi connectivity index (χ0) is 21.4. The lowest BCUT2D eigenvalue weighted by Crippen LogP contribution is -2.14. The number of nitrogens with zero attached hydrogens (tertiary/aromatic N) is 1. The van der Waals surface area contributed by atoms with E-state index in [-0.39, 0.29) is 17.0 Å². The molecule has 0 saturated carbocycles. The van der Waals surface area contributed by atoms with Gasteiger partial charge in [0.2, 0.25) is 5.91 Å². The van der Waals surface area contributed by atoms with Gasteiger partial charge in [0, 0.05) is 23.3 Å². The van der Waals surface area contributed by atoms with Gasteiger partial charge in [0.05, 0.1) is 36.4 Å². The van der Waals surface area contributed by atoms with E-state index in [0.29, 0.717) is 27.4 Å². The first-order valence-corrected chi connectivity index (χ1v) is 9.32. The zero-order valence-electron chi connectivity index (χ0n) is 16.8. The minimum Gasteiger partial charge on any atom is -0.465 e. The zero-order valence-corrected chi connectivity index (χ0v) is 16.8. The van der Waals surface area contributed by atoms with Crippen molar-refractivity contribution in [2.45, 2.75) is 6.92 Å². The molecule has 0 amide bonds. The largest absolute Gasteiger partial charge is 0.465 e. The van der Waals surface area contributed by atoms with Crippen LogP contribution in [0.15, 0.2) is 60.7 Å². The van der Waals surface area contributed by atoms with Crippen molar-refractivity contribution in [3.63, 3.8) is 0 Å². The maximum Gasteiger partial charge on any atom is 0.339 e. The molecule has 0 aliphatic heterocycles. The molecule has 30 heavy (non-hydrogen) atoms. The molecule has 4 aromatic rings. The van der Waals surface area contributed by atoms with Crippen molar-refractivity contribution in [1.82, 2.24) is 4.57 Å². The molecule has 0 bridgehead atoms. The average molecular weight is 401 g/mol. The molecular formula is C24H19NO5. The van der Waals surface area contributed by atoms with Crippen LogP contribution in [0.1, 0.15) is 32.4 Å². The predicted octanol–water partition coefficient (Wildman–Crippen LogP) is 4.69. The van der Waals surface area contributed by atoms with Crippen molar-refractivity contribution < 1.29 is 23.9 Å². The first-order chi connectivity index (χ1) is 14.5. The number of aromatic nitrogens is 1. The fraction of sp³-hybridized carbons (Fsp3) is 0.125. The molecule has 4 rings (SSSR count). The summed E-state index contributed by atoms with van der Waals surface area (Å²) < 4.78 is 11.5. The summed E-state index contributed by atoms with van der Waals surface area (Å²) in [6.45, 7) is 1.46. The molecule has 0 unspecified atom stereocenters. The van der Waals surface area contributed by atoms with Gasteiger partial charge in [-0.05, 0) is 17.7 Å². The van der Waals surface area contributed by atoms with Gasteiger partial charge in [-0.25, -0.2) is 9.59 Å². The fourth-order valence-corrected chi connectivity index (χ4v) is 3.92. The van der Waals surface area contributed by atoms with Gasteiger partial charge < -0.3 is 9.47 Å². The van der Waals surface area contributed by atoms with Crippen molar-refractivity contribution in [2.75, 3.05) is 14.2 Å². The molecule has 0 radical (unpaired) electrons. The lowest BCUT2D eigenvalue weighted by Gasteiger charge is -2.14. The second kappa shape index (κ2) is 7.48. The van der Waals surface area contributed by atoms with Crippen LogP contribution < -0.4 is 0 Å². The number of hydrogen-bond donors (Lipinski definition) is 0. The smallest absolute Gasteiger partial charge is 0.339 e. The third-order valence-electron chi connectivity index (χ3n) is 5.13. The van der Waals surface area contributed by atoms with E-state index in [1.165, 1.54) is 21.1 Å². The molecule has 0 spiro atoms. The molecule has 0 atom stereocenters. The van der Waals surface area contributed by atoms with Crippen LogP contribution in [0, 0.1) is 0 Å². The molecule has 0 N–H and O–H groups in total. The van der Waals surface area contributed by atoms with Crippen LogP contribution in [-0.2, 0) is 9.47 Å². The monoisotopic (exact) mass is 401 g/mol. The summed E-state index contributed by atoms with van der Waals surface area (Å²) in [6.07, 6.45) is 0. The number of fused-ring (bicyclic) bond motifs is 3. The van der Waals surface area contributed by atoms with Crippen LogP contribution in [0.5, 0.6) is 0 Å². The highest BCUT2D eigenvalue weighted by atomic mass is 16.5. The maximum atomic E-state index is 12.8. The summed E-state index contributed by atoms with van der Waals surface area (Å²) in [6, 6.07) is 18.2. The molecule has 0 aliphatic rings. The quantitative estimate of drug-likeness (QED) is 0.466. The number of esters is 2. The van der Waals surface area contributed by atoms with Gasteiger partial charge >= 0.3 is 11.9 Å². The molecule has 6 nitrogen and oxygen atoms in total. The first kappa shape index (κ1) is 19.4. The van der Waals surface area contributed by atoms with Gasteiger partial charge in [-0.15, -0.1) is 0 Å². The van der Waals surface area contributed by atoms with Crippen LogP contribution in [0.25, 0.3) is 32.9 Å². The lowest BCUT2D eigenvalue weighted by molar-refractivity contribution is 0.0557.